The molecule has 0 N–H and O–H groups in total. The summed E-state index contributed by atoms with van der Waals surface area (Å²) in [6.07, 6.45) is -4.93. The lowest BCUT2D eigenvalue weighted by Crippen LogP contribution is -2.19. The fraction of sp³-hybridized carbons (Fsp3) is 0.222. The molecule has 0 aromatic heterocycles. The summed E-state index contributed by atoms with van der Waals surface area (Å²) < 4.78 is 52.3. The Labute approximate surface area is 96.3 Å². The van der Waals surface area contributed by atoms with Crippen LogP contribution in [0, 0.1) is 5.82 Å². The second kappa shape index (κ2) is 4.40. The van der Waals surface area contributed by atoms with Crippen molar-refractivity contribution < 1.29 is 27.1 Å². The highest BCUT2D eigenvalue weighted by atomic mass is 79.9. The van der Waals surface area contributed by atoms with Crippen LogP contribution in [0.2, 0.25) is 0 Å². The van der Waals surface area contributed by atoms with Gasteiger partial charge in [-0.3, -0.25) is 4.79 Å². The summed E-state index contributed by atoms with van der Waals surface area (Å²) in [5.74, 6) is -2.28. The van der Waals surface area contributed by atoms with Gasteiger partial charge in [-0.25, -0.2) is 4.39 Å². The second-order valence-electron chi connectivity index (χ2n) is 2.87. The fourth-order valence-corrected chi connectivity index (χ4v) is 1.34. The van der Waals surface area contributed by atoms with Crippen molar-refractivity contribution in [2.45, 2.75) is 13.3 Å². The molecule has 0 spiro atoms. The van der Waals surface area contributed by atoms with Crippen LogP contribution in [0.3, 0.4) is 0 Å². The number of halogens is 5. The van der Waals surface area contributed by atoms with E-state index in [-0.39, 0.29) is 4.47 Å². The van der Waals surface area contributed by atoms with Crippen molar-refractivity contribution in [3.8, 4) is 5.75 Å². The lowest BCUT2D eigenvalue weighted by Gasteiger charge is -2.12. The van der Waals surface area contributed by atoms with Crippen LogP contribution in [0.5, 0.6) is 5.75 Å². The average Bonchev–Trinajstić information content (AvgIpc) is 2.07. The molecular formula is C9H5BrF4O2. The number of carbonyl (C=O) groups excluding carboxylic acids is 1. The Morgan fingerprint density at radius 1 is 1.38 bits per heavy atom. The lowest BCUT2D eigenvalue weighted by molar-refractivity contribution is -0.274. The first-order chi connectivity index (χ1) is 7.20. The van der Waals surface area contributed by atoms with E-state index in [2.05, 4.69) is 20.7 Å². The van der Waals surface area contributed by atoms with Gasteiger partial charge in [-0.1, -0.05) is 0 Å². The molecule has 1 rings (SSSR count). The van der Waals surface area contributed by atoms with Crippen molar-refractivity contribution in [1.29, 1.82) is 0 Å². The summed E-state index contributed by atoms with van der Waals surface area (Å²) in [6, 6.07) is 1.45. The van der Waals surface area contributed by atoms with Crippen molar-refractivity contribution in [2.24, 2.45) is 0 Å². The molecule has 0 aliphatic carbocycles. The van der Waals surface area contributed by atoms with Crippen LogP contribution >= 0.6 is 15.9 Å². The van der Waals surface area contributed by atoms with Crippen LogP contribution in [0.15, 0.2) is 16.6 Å². The molecular weight excluding hydrogens is 296 g/mol. The van der Waals surface area contributed by atoms with Gasteiger partial charge in [0.25, 0.3) is 0 Å². The van der Waals surface area contributed by atoms with E-state index in [1.54, 1.807) is 0 Å². The Kier molecular flexibility index (Phi) is 3.57. The number of hydrogen-bond donors (Lipinski definition) is 0. The minimum absolute atomic E-state index is 0.211. The van der Waals surface area contributed by atoms with Gasteiger partial charge in [0.05, 0.1) is 10.0 Å². The van der Waals surface area contributed by atoms with Crippen LogP contribution in [0.25, 0.3) is 0 Å². The third-order valence-corrected chi connectivity index (χ3v) is 2.24. The minimum Gasteiger partial charge on any atom is -0.405 e. The Morgan fingerprint density at radius 3 is 2.38 bits per heavy atom. The van der Waals surface area contributed by atoms with Crippen LogP contribution in [-0.2, 0) is 0 Å². The average molecular weight is 301 g/mol. The number of ether oxygens (including phenoxy) is 1. The van der Waals surface area contributed by atoms with Crippen LogP contribution in [-0.4, -0.2) is 12.1 Å². The number of alkyl halides is 3. The van der Waals surface area contributed by atoms with Gasteiger partial charge in [0.1, 0.15) is 11.6 Å². The molecule has 1 aromatic rings. The minimum atomic E-state index is -4.93. The van der Waals surface area contributed by atoms with Gasteiger partial charge in [0, 0.05) is 0 Å². The highest BCUT2D eigenvalue weighted by Gasteiger charge is 2.33. The van der Waals surface area contributed by atoms with Gasteiger partial charge >= 0.3 is 6.36 Å². The predicted octanol–water partition coefficient (Wildman–Crippen LogP) is 3.69. The monoisotopic (exact) mass is 300 g/mol. The number of ketones is 1. The van der Waals surface area contributed by atoms with Crippen LogP contribution < -0.4 is 4.74 Å². The molecule has 0 heterocycles. The predicted molar refractivity (Wildman–Crippen MR) is 50.8 cm³/mol. The maximum Gasteiger partial charge on any atom is 0.573 e. The van der Waals surface area contributed by atoms with E-state index in [1.165, 1.54) is 0 Å². The summed E-state index contributed by atoms with van der Waals surface area (Å²) in [5, 5.41) is 0. The molecule has 2 nitrogen and oxygen atoms in total. The first-order valence-corrected chi connectivity index (χ1v) is 4.75. The van der Waals surface area contributed by atoms with E-state index < -0.39 is 29.3 Å². The number of rotatable bonds is 2. The van der Waals surface area contributed by atoms with Crippen molar-refractivity contribution in [2.75, 3.05) is 0 Å². The van der Waals surface area contributed by atoms with Gasteiger partial charge in [-0.15, -0.1) is 13.2 Å². The topological polar surface area (TPSA) is 26.3 Å². The summed E-state index contributed by atoms with van der Waals surface area (Å²) in [5.41, 5.74) is -0.460. The maximum absolute atomic E-state index is 13.0. The quantitative estimate of drug-likeness (QED) is 0.615. The molecule has 16 heavy (non-hydrogen) atoms. The standard InChI is InChI=1S/C9H5BrF4O2/c1-4(15)5-2-7(11)6(10)3-8(5)16-9(12,13)14/h2-3H,1H3. The van der Waals surface area contributed by atoms with Gasteiger partial charge in [0.2, 0.25) is 0 Å². The third-order valence-electron chi connectivity index (χ3n) is 1.63. The molecule has 7 heteroatoms. The highest BCUT2D eigenvalue weighted by Crippen LogP contribution is 2.31. The van der Waals surface area contributed by atoms with Crippen molar-refractivity contribution >= 4 is 21.7 Å². The SMILES string of the molecule is CC(=O)c1cc(F)c(Br)cc1OC(F)(F)F. The zero-order valence-electron chi connectivity index (χ0n) is 7.86. The first kappa shape index (κ1) is 13.0. The summed E-state index contributed by atoms with van der Waals surface area (Å²) in [4.78, 5) is 11.0. The molecule has 0 amide bonds. The van der Waals surface area contributed by atoms with Gasteiger partial charge in [-0.2, -0.15) is 0 Å². The molecule has 0 aliphatic heterocycles. The number of benzene rings is 1. The Morgan fingerprint density at radius 2 is 1.94 bits per heavy atom. The molecule has 0 saturated carbocycles. The highest BCUT2D eigenvalue weighted by molar-refractivity contribution is 9.10. The zero-order valence-corrected chi connectivity index (χ0v) is 9.45. The van der Waals surface area contributed by atoms with E-state index in [0.29, 0.717) is 6.07 Å². The summed E-state index contributed by atoms with van der Waals surface area (Å²) in [6.45, 7) is 1.02. The van der Waals surface area contributed by atoms with Crippen LogP contribution in [0.1, 0.15) is 17.3 Å². The molecule has 0 fully saturated rings. The molecule has 0 bridgehead atoms. The Bertz CT molecular complexity index is 428. The van der Waals surface area contributed by atoms with Crippen LogP contribution in [0.4, 0.5) is 17.6 Å². The second-order valence-corrected chi connectivity index (χ2v) is 3.72. The van der Waals surface area contributed by atoms with Crippen molar-refractivity contribution in [3.63, 3.8) is 0 Å². The zero-order chi connectivity index (χ0) is 12.5. The van der Waals surface area contributed by atoms with E-state index in [1.807, 2.05) is 0 Å². The van der Waals surface area contributed by atoms with E-state index in [9.17, 15) is 22.4 Å². The fourth-order valence-electron chi connectivity index (χ4n) is 1.01. The molecule has 1 aromatic carbocycles. The van der Waals surface area contributed by atoms with Crippen molar-refractivity contribution in [3.05, 3.63) is 28.0 Å². The van der Waals surface area contributed by atoms with E-state index in [4.69, 9.17) is 0 Å². The van der Waals surface area contributed by atoms with Crippen molar-refractivity contribution in [1.82, 2.24) is 0 Å². The molecule has 0 aliphatic rings. The number of carbonyl (C=O) groups is 1. The summed E-state index contributed by atoms with van der Waals surface area (Å²) in [7, 11) is 0. The molecule has 88 valence electrons. The van der Waals surface area contributed by atoms with Gasteiger partial charge in [-0.05, 0) is 35.0 Å². The largest absolute Gasteiger partial charge is 0.573 e. The number of hydrogen-bond acceptors (Lipinski definition) is 2. The van der Waals surface area contributed by atoms with Gasteiger partial charge < -0.3 is 4.74 Å². The van der Waals surface area contributed by atoms with E-state index >= 15 is 0 Å². The Balaban J connectivity index is 3.25. The molecule has 0 saturated heterocycles. The normalized spacial score (nSPS) is 11.4. The Hall–Kier alpha value is -1.11. The molecule has 0 radical (unpaired) electrons. The van der Waals surface area contributed by atoms with E-state index in [0.717, 1.165) is 13.0 Å². The first-order valence-electron chi connectivity index (χ1n) is 3.96. The summed E-state index contributed by atoms with van der Waals surface area (Å²) >= 11 is 2.70. The third kappa shape index (κ3) is 3.19. The number of Topliss-reactive ketones (excluding diaryl/α,β-unsaturated/α-hetero) is 1. The smallest absolute Gasteiger partial charge is 0.405 e. The maximum atomic E-state index is 13.0. The van der Waals surface area contributed by atoms with Gasteiger partial charge in [0.15, 0.2) is 5.78 Å². The lowest BCUT2D eigenvalue weighted by atomic mass is 10.1. The molecule has 0 unspecified atom stereocenters. The molecule has 0 atom stereocenters.